The third-order valence-electron chi connectivity index (χ3n) is 5.87. The molecule has 2 aromatic heterocycles. The minimum atomic E-state index is -0.790. The van der Waals surface area contributed by atoms with Crippen LogP contribution in [0.4, 0.5) is 0 Å². The van der Waals surface area contributed by atoms with E-state index in [4.69, 9.17) is 9.47 Å². The molecule has 2 N–H and O–H groups in total. The highest BCUT2D eigenvalue weighted by Gasteiger charge is 2.22. The highest BCUT2D eigenvalue weighted by molar-refractivity contribution is 5.77. The van der Waals surface area contributed by atoms with Crippen LogP contribution < -0.4 is 20.7 Å². The van der Waals surface area contributed by atoms with E-state index in [0.717, 1.165) is 5.56 Å². The molecule has 0 aliphatic rings. The monoisotopic (exact) mass is 478 g/mol. The number of aryl methyl sites for hydroxylation is 1. The Morgan fingerprint density at radius 2 is 1.77 bits per heavy atom. The van der Waals surface area contributed by atoms with Crippen LogP contribution in [-0.2, 0) is 13.6 Å². The van der Waals surface area contributed by atoms with Gasteiger partial charge < -0.3 is 19.1 Å². The fourth-order valence-corrected chi connectivity index (χ4v) is 4.21. The van der Waals surface area contributed by atoms with Crippen LogP contribution >= 0.6 is 0 Å². The van der Waals surface area contributed by atoms with Gasteiger partial charge in [-0.3, -0.25) is 14.3 Å². The minimum absolute atomic E-state index is 0.00867. The molecular formula is C26H30N4O5. The zero-order chi connectivity index (χ0) is 25.3. The van der Waals surface area contributed by atoms with Crippen molar-refractivity contribution in [3.05, 3.63) is 74.9 Å². The number of benzene rings is 2. The van der Waals surface area contributed by atoms with Gasteiger partial charge in [0.2, 0.25) is 0 Å². The van der Waals surface area contributed by atoms with Gasteiger partial charge in [-0.15, -0.1) is 0 Å². The summed E-state index contributed by atoms with van der Waals surface area (Å²) in [6.45, 7) is 5.77. The van der Waals surface area contributed by atoms with Gasteiger partial charge in [0.1, 0.15) is 11.9 Å². The Kier molecular flexibility index (Phi) is 6.79. The molecule has 0 saturated carbocycles. The van der Waals surface area contributed by atoms with Crippen molar-refractivity contribution in [3.63, 3.8) is 0 Å². The summed E-state index contributed by atoms with van der Waals surface area (Å²) in [5.41, 5.74) is 1.05. The normalized spacial score (nSPS) is 13.2. The Morgan fingerprint density at radius 3 is 2.40 bits per heavy atom. The van der Waals surface area contributed by atoms with E-state index < -0.39 is 17.4 Å². The molecular weight excluding hydrogens is 448 g/mol. The highest BCUT2D eigenvalue weighted by atomic mass is 16.5. The fourth-order valence-electron chi connectivity index (χ4n) is 4.21. The zero-order valence-corrected chi connectivity index (χ0v) is 20.5. The van der Waals surface area contributed by atoms with Crippen LogP contribution in [0.25, 0.3) is 22.6 Å². The lowest BCUT2D eigenvalue weighted by Crippen LogP contribution is -2.33. The van der Waals surface area contributed by atoms with Gasteiger partial charge in [-0.2, -0.15) is 0 Å². The number of aromatic nitrogens is 4. The number of nitrogens with zero attached hydrogens (tertiary/aromatic N) is 3. The molecule has 0 aliphatic heterocycles. The molecule has 0 bridgehead atoms. The summed E-state index contributed by atoms with van der Waals surface area (Å²) < 4.78 is 14.9. The van der Waals surface area contributed by atoms with Crippen molar-refractivity contribution in [1.29, 1.82) is 0 Å². The Bertz CT molecular complexity index is 1450. The minimum Gasteiger partial charge on any atom is -0.493 e. The SMILES string of the molecule is COc1cc(-c2nc3c(c(=O)[nH]c(=O)n3CC(C)O)n2C)ccc1OC(c1ccccc1)C(C)C. The van der Waals surface area contributed by atoms with Crippen LogP contribution in [0.15, 0.2) is 58.1 Å². The molecule has 0 saturated heterocycles. The molecule has 9 nitrogen and oxygen atoms in total. The van der Waals surface area contributed by atoms with Gasteiger partial charge in [0.25, 0.3) is 5.56 Å². The molecule has 0 fully saturated rings. The number of ether oxygens (including phenoxy) is 2. The van der Waals surface area contributed by atoms with Crippen LogP contribution in [0.5, 0.6) is 11.5 Å². The maximum absolute atomic E-state index is 12.6. The molecule has 0 aliphatic carbocycles. The number of aliphatic hydroxyl groups is 1. The van der Waals surface area contributed by atoms with E-state index in [1.165, 1.54) is 4.57 Å². The summed E-state index contributed by atoms with van der Waals surface area (Å²) in [7, 11) is 3.27. The first-order chi connectivity index (χ1) is 16.7. The predicted molar refractivity (Wildman–Crippen MR) is 134 cm³/mol. The van der Waals surface area contributed by atoms with Crippen molar-refractivity contribution in [3.8, 4) is 22.9 Å². The molecule has 9 heteroatoms. The fraction of sp³-hybridized carbons (Fsp3) is 0.346. The maximum Gasteiger partial charge on any atom is 0.330 e. The van der Waals surface area contributed by atoms with E-state index in [1.807, 2.05) is 42.5 Å². The predicted octanol–water partition coefficient (Wildman–Crippen LogP) is 3.26. The number of hydrogen-bond donors (Lipinski definition) is 2. The van der Waals surface area contributed by atoms with Crippen molar-refractivity contribution >= 4 is 11.2 Å². The molecule has 2 aromatic carbocycles. The van der Waals surface area contributed by atoms with Crippen molar-refractivity contribution in [2.45, 2.75) is 39.5 Å². The number of H-pyrrole nitrogens is 1. The molecule has 4 aromatic rings. The van der Waals surface area contributed by atoms with Gasteiger partial charge >= 0.3 is 5.69 Å². The summed E-state index contributed by atoms with van der Waals surface area (Å²) >= 11 is 0. The quantitative estimate of drug-likeness (QED) is 0.402. The Balaban J connectivity index is 1.78. The van der Waals surface area contributed by atoms with E-state index in [-0.39, 0.29) is 29.7 Å². The lowest BCUT2D eigenvalue weighted by molar-refractivity contribution is 0.148. The molecule has 2 heterocycles. The summed E-state index contributed by atoms with van der Waals surface area (Å²) in [6.07, 6.45) is -0.956. The first-order valence-corrected chi connectivity index (χ1v) is 11.5. The lowest BCUT2D eigenvalue weighted by atomic mass is 9.99. The maximum atomic E-state index is 12.6. The van der Waals surface area contributed by atoms with Gasteiger partial charge in [0.05, 0.1) is 19.8 Å². The van der Waals surface area contributed by atoms with E-state index in [2.05, 4.69) is 23.8 Å². The third-order valence-corrected chi connectivity index (χ3v) is 5.87. The number of nitrogens with one attached hydrogen (secondary N) is 1. The number of aromatic amines is 1. The van der Waals surface area contributed by atoms with Crippen LogP contribution in [0.2, 0.25) is 0 Å². The summed E-state index contributed by atoms with van der Waals surface area (Å²) in [5, 5.41) is 9.83. The number of aliphatic hydroxyl groups excluding tert-OH is 1. The van der Waals surface area contributed by atoms with Crippen molar-refractivity contribution in [2.24, 2.45) is 13.0 Å². The summed E-state index contributed by atoms with van der Waals surface area (Å²) in [6, 6.07) is 15.5. The first-order valence-electron chi connectivity index (χ1n) is 11.5. The standard InChI is InChI=1S/C26H30N4O5/c1-15(2)22(17-9-7-6-8-10-17)35-19-12-11-18(13-20(19)34-5)23-27-24-21(29(23)4)25(32)28-26(33)30(24)14-16(3)31/h6-13,15-16,22,31H,14H2,1-5H3,(H,28,32,33). The van der Waals surface area contributed by atoms with Gasteiger partial charge in [0, 0.05) is 12.6 Å². The number of rotatable bonds is 8. The molecule has 2 unspecified atom stereocenters. The third kappa shape index (κ3) is 4.72. The second kappa shape index (κ2) is 9.79. The van der Waals surface area contributed by atoms with Crippen LogP contribution in [0.1, 0.15) is 32.4 Å². The average Bonchev–Trinajstić information content (AvgIpc) is 3.17. The van der Waals surface area contributed by atoms with Crippen molar-refractivity contribution < 1.29 is 14.6 Å². The number of methoxy groups -OCH3 is 1. The van der Waals surface area contributed by atoms with Gasteiger partial charge in [-0.25, -0.2) is 9.78 Å². The molecule has 2 atom stereocenters. The number of hydrogen-bond acceptors (Lipinski definition) is 6. The van der Waals surface area contributed by atoms with Gasteiger partial charge in [-0.1, -0.05) is 44.2 Å². The number of fused-ring (bicyclic) bond motifs is 1. The molecule has 4 rings (SSSR count). The molecule has 184 valence electrons. The Morgan fingerprint density at radius 1 is 1.06 bits per heavy atom. The van der Waals surface area contributed by atoms with Gasteiger partial charge in [0.15, 0.2) is 22.7 Å². The largest absolute Gasteiger partial charge is 0.493 e. The zero-order valence-electron chi connectivity index (χ0n) is 20.5. The smallest absolute Gasteiger partial charge is 0.330 e. The first kappa shape index (κ1) is 24.3. The Hall–Kier alpha value is -3.85. The number of imidazole rings is 1. The van der Waals surface area contributed by atoms with Gasteiger partial charge in [-0.05, 0) is 36.6 Å². The second-order valence-corrected chi connectivity index (χ2v) is 8.94. The molecule has 35 heavy (non-hydrogen) atoms. The van der Waals surface area contributed by atoms with E-state index in [0.29, 0.717) is 22.9 Å². The molecule has 0 amide bonds. The van der Waals surface area contributed by atoms with E-state index in [9.17, 15) is 14.7 Å². The van der Waals surface area contributed by atoms with Crippen LogP contribution in [0, 0.1) is 5.92 Å². The lowest BCUT2D eigenvalue weighted by Gasteiger charge is -2.24. The van der Waals surface area contributed by atoms with Crippen molar-refractivity contribution in [1.82, 2.24) is 19.1 Å². The molecule has 0 spiro atoms. The molecule has 0 radical (unpaired) electrons. The Labute approximate surface area is 202 Å². The second-order valence-electron chi connectivity index (χ2n) is 8.94. The average molecular weight is 479 g/mol. The topological polar surface area (TPSA) is 111 Å². The summed E-state index contributed by atoms with van der Waals surface area (Å²) in [4.78, 5) is 31.8. The van der Waals surface area contributed by atoms with Crippen LogP contribution in [-0.4, -0.2) is 37.4 Å². The van der Waals surface area contributed by atoms with Crippen LogP contribution in [0.3, 0.4) is 0 Å². The van der Waals surface area contributed by atoms with E-state index in [1.54, 1.807) is 31.7 Å². The summed E-state index contributed by atoms with van der Waals surface area (Å²) in [5.74, 6) is 1.80. The highest BCUT2D eigenvalue weighted by Crippen LogP contribution is 2.37. The van der Waals surface area contributed by atoms with Crippen molar-refractivity contribution in [2.75, 3.05) is 7.11 Å². The van der Waals surface area contributed by atoms with E-state index >= 15 is 0 Å².